The van der Waals surface area contributed by atoms with Gasteiger partial charge < -0.3 is 11.1 Å². The van der Waals surface area contributed by atoms with E-state index < -0.39 is 0 Å². The highest BCUT2D eigenvalue weighted by Crippen LogP contribution is 2.09. The molecule has 3 nitrogen and oxygen atoms in total. The van der Waals surface area contributed by atoms with Crippen molar-refractivity contribution in [1.29, 1.82) is 0 Å². The van der Waals surface area contributed by atoms with Crippen molar-refractivity contribution in [3.05, 3.63) is 22.4 Å². The summed E-state index contributed by atoms with van der Waals surface area (Å²) in [4.78, 5) is 12.4. The molecule has 0 aliphatic rings. The molecular formula is C11H18N2OS. The molecule has 0 saturated carbocycles. The fourth-order valence-corrected chi connectivity index (χ4v) is 2.05. The monoisotopic (exact) mass is 226 g/mol. The van der Waals surface area contributed by atoms with Crippen LogP contribution in [0.5, 0.6) is 0 Å². The van der Waals surface area contributed by atoms with Crippen LogP contribution in [0.1, 0.15) is 31.1 Å². The molecule has 0 radical (unpaired) electrons. The third-order valence-corrected chi connectivity index (χ3v) is 3.17. The van der Waals surface area contributed by atoms with Gasteiger partial charge in [-0.15, -0.1) is 11.3 Å². The van der Waals surface area contributed by atoms with Crippen molar-refractivity contribution < 1.29 is 4.79 Å². The summed E-state index contributed by atoms with van der Waals surface area (Å²) < 4.78 is 0. The normalized spacial score (nSPS) is 12.6. The van der Waals surface area contributed by atoms with E-state index in [0.29, 0.717) is 0 Å². The molecule has 1 atom stereocenters. The van der Waals surface area contributed by atoms with Gasteiger partial charge in [-0.3, -0.25) is 4.79 Å². The number of primary amides is 1. The first kappa shape index (κ1) is 12.2. The van der Waals surface area contributed by atoms with Gasteiger partial charge in [0.05, 0.1) is 6.04 Å². The largest absolute Gasteiger partial charge is 0.368 e. The van der Waals surface area contributed by atoms with E-state index in [4.69, 9.17) is 5.73 Å². The summed E-state index contributed by atoms with van der Waals surface area (Å²) >= 11 is 1.69. The first-order valence-electron chi connectivity index (χ1n) is 5.29. The van der Waals surface area contributed by atoms with E-state index in [1.807, 2.05) is 11.4 Å². The fourth-order valence-electron chi connectivity index (χ4n) is 1.39. The number of nitrogens with one attached hydrogen (secondary N) is 1. The van der Waals surface area contributed by atoms with Crippen molar-refractivity contribution in [2.45, 2.75) is 38.8 Å². The second-order valence-electron chi connectivity index (χ2n) is 3.56. The Labute approximate surface area is 94.7 Å². The molecule has 0 spiro atoms. The Morgan fingerprint density at radius 3 is 3.00 bits per heavy atom. The third kappa shape index (κ3) is 4.44. The molecule has 3 N–H and O–H groups in total. The maximum Gasteiger partial charge on any atom is 0.234 e. The summed E-state index contributed by atoms with van der Waals surface area (Å²) in [6.07, 6.45) is 2.95. The van der Waals surface area contributed by atoms with Gasteiger partial charge in [0.15, 0.2) is 0 Å². The van der Waals surface area contributed by atoms with Crippen LogP contribution in [0.2, 0.25) is 0 Å². The van der Waals surface area contributed by atoms with E-state index in [1.54, 1.807) is 11.3 Å². The molecule has 1 amide bonds. The van der Waals surface area contributed by atoms with Crippen molar-refractivity contribution in [3.63, 3.8) is 0 Å². The Kier molecular flexibility index (Phi) is 5.36. The molecular weight excluding hydrogens is 208 g/mol. The first-order chi connectivity index (χ1) is 7.24. The number of hydrogen-bond donors (Lipinski definition) is 2. The molecule has 15 heavy (non-hydrogen) atoms. The molecule has 1 heterocycles. The summed E-state index contributed by atoms with van der Waals surface area (Å²) in [6, 6.07) is 3.87. The molecule has 0 saturated heterocycles. The van der Waals surface area contributed by atoms with Crippen molar-refractivity contribution in [1.82, 2.24) is 5.32 Å². The Morgan fingerprint density at radius 2 is 2.47 bits per heavy atom. The summed E-state index contributed by atoms with van der Waals surface area (Å²) in [6.45, 7) is 2.84. The number of rotatable bonds is 7. The van der Waals surface area contributed by atoms with Crippen LogP contribution in [-0.4, -0.2) is 11.9 Å². The van der Waals surface area contributed by atoms with E-state index in [-0.39, 0.29) is 11.9 Å². The molecule has 0 fully saturated rings. The molecule has 4 heteroatoms. The van der Waals surface area contributed by atoms with Gasteiger partial charge in [-0.1, -0.05) is 25.8 Å². The van der Waals surface area contributed by atoms with Crippen LogP contribution < -0.4 is 11.1 Å². The highest BCUT2D eigenvalue weighted by Gasteiger charge is 2.13. The van der Waals surface area contributed by atoms with Crippen molar-refractivity contribution >= 4 is 17.2 Å². The number of nitrogens with two attached hydrogens (primary N) is 1. The lowest BCUT2D eigenvalue weighted by atomic mass is 10.1. The SMILES string of the molecule is CCCCC(NCc1cccs1)C(N)=O. The second-order valence-corrected chi connectivity index (χ2v) is 4.59. The van der Waals surface area contributed by atoms with Crippen LogP contribution in [0.3, 0.4) is 0 Å². The zero-order valence-electron chi connectivity index (χ0n) is 9.03. The van der Waals surface area contributed by atoms with Crippen LogP contribution in [0.15, 0.2) is 17.5 Å². The quantitative estimate of drug-likeness (QED) is 0.746. The Balaban J connectivity index is 2.34. The zero-order chi connectivity index (χ0) is 11.1. The van der Waals surface area contributed by atoms with E-state index in [1.165, 1.54) is 4.88 Å². The van der Waals surface area contributed by atoms with Gasteiger partial charge in [0.2, 0.25) is 5.91 Å². The van der Waals surface area contributed by atoms with Gasteiger partial charge >= 0.3 is 0 Å². The van der Waals surface area contributed by atoms with Crippen LogP contribution >= 0.6 is 11.3 Å². The molecule has 1 aromatic heterocycles. The van der Waals surface area contributed by atoms with E-state index >= 15 is 0 Å². The van der Waals surface area contributed by atoms with Crippen LogP contribution in [-0.2, 0) is 11.3 Å². The van der Waals surface area contributed by atoms with E-state index in [0.717, 1.165) is 25.8 Å². The number of amides is 1. The summed E-state index contributed by atoms with van der Waals surface area (Å²) in [7, 11) is 0. The molecule has 0 bridgehead atoms. The molecule has 1 unspecified atom stereocenters. The maximum absolute atomic E-state index is 11.1. The molecule has 0 aliphatic carbocycles. The number of hydrogen-bond acceptors (Lipinski definition) is 3. The van der Waals surface area contributed by atoms with Gasteiger partial charge in [-0.05, 0) is 17.9 Å². The topological polar surface area (TPSA) is 55.1 Å². The van der Waals surface area contributed by atoms with E-state index in [2.05, 4.69) is 18.3 Å². The lowest BCUT2D eigenvalue weighted by Crippen LogP contribution is -2.40. The number of carbonyl (C=O) groups excluding carboxylic acids is 1. The first-order valence-corrected chi connectivity index (χ1v) is 6.17. The molecule has 1 rings (SSSR count). The van der Waals surface area contributed by atoms with Gasteiger partial charge in [0.25, 0.3) is 0 Å². The van der Waals surface area contributed by atoms with E-state index in [9.17, 15) is 4.79 Å². The average molecular weight is 226 g/mol. The minimum absolute atomic E-state index is 0.188. The van der Waals surface area contributed by atoms with Crippen LogP contribution in [0.4, 0.5) is 0 Å². The van der Waals surface area contributed by atoms with Crippen molar-refractivity contribution in [2.24, 2.45) is 5.73 Å². The lowest BCUT2D eigenvalue weighted by molar-refractivity contribution is -0.120. The third-order valence-electron chi connectivity index (χ3n) is 2.29. The average Bonchev–Trinajstić information content (AvgIpc) is 2.70. The zero-order valence-corrected chi connectivity index (χ0v) is 9.85. The molecule has 0 aromatic carbocycles. The Hall–Kier alpha value is -0.870. The Bertz CT molecular complexity index is 285. The lowest BCUT2D eigenvalue weighted by Gasteiger charge is -2.14. The summed E-state index contributed by atoms with van der Waals surface area (Å²) in [5.41, 5.74) is 5.32. The predicted molar refractivity (Wildman–Crippen MR) is 63.7 cm³/mol. The number of thiophene rings is 1. The standard InChI is InChI=1S/C11H18N2OS/c1-2-3-6-10(11(12)14)13-8-9-5-4-7-15-9/h4-5,7,10,13H,2-3,6,8H2,1H3,(H2,12,14). The molecule has 1 aromatic rings. The molecule has 84 valence electrons. The summed E-state index contributed by atoms with van der Waals surface area (Å²) in [5, 5.41) is 5.22. The van der Waals surface area contributed by atoms with Crippen molar-refractivity contribution in [3.8, 4) is 0 Å². The van der Waals surface area contributed by atoms with Gasteiger partial charge in [-0.25, -0.2) is 0 Å². The predicted octanol–water partition coefficient (Wildman–Crippen LogP) is 1.88. The number of carbonyl (C=O) groups is 1. The fraction of sp³-hybridized carbons (Fsp3) is 0.545. The minimum atomic E-state index is -0.250. The highest BCUT2D eigenvalue weighted by molar-refractivity contribution is 7.09. The molecule has 0 aliphatic heterocycles. The maximum atomic E-state index is 11.1. The van der Waals surface area contributed by atoms with Crippen LogP contribution in [0, 0.1) is 0 Å². The smallest absolute Gasteiger partial charge is 0.234 e. The van der Waals surface area contributed by atoms with Gasteiger partial charge in [0, 0.05) is 11.4 Å². The minimum Gasteiger partial charge on any atom is -0.368 e. The van der Waals surface area contributed by atoms with Gasteiger partial charge in [-0.2, -0.15) is 0 Å². The van der Waals surface area contributed by atoms with Crippen molar-refractivity contribution in [2.75, 3.05) is 0 Å². The highest BCUT2D eigenvalue weighted by atomic mass is 32.1. The Morgan fingerprint density at radius 1 is 1.67 bits per heavy atom. The number of unbranched alkanes of at least 4 members (excludes halogenated alkanes) is 1. The summed E-state index contributed by atoms with van der Waals surface area (Å²) in [5.74, 6) is -0.250. The van der Waals surface area contributed by atoms with Crippen LogP contribution in [0.25, 0.3) is 0 Å². The van der Waals surface area contributed by atoms with Gasteiger partial charge in [0.1, 0.15) is 0 Å². The second kappa shape index (κ2) is 6.58.